The third kappa shape index (κ3) is 4.59. The van der Waals surface area contributed by atoms with Crippen LogP contribution in [0.15, 0.2) is 54.6 Å². The maximum Gasteiger partial charge on any atom is 0.411 e. The third-order valence-electron chi connectivity index (χ3n) is 4.57. The summed E-state index contributed by atoms with van der Waals surface area (Å²) in [5.74, 6) is 0. The number of amides is 1. The molecule has 25 heavy (non-hydrogen) atoms. The van der Waals surface area contributed by atoms with E-state index in [1.165, 1.54) is 0 Å². The minimum Gasteiger partial charge on any atom is -0.446 e. The summed E-state index contributed by atoms with van der Waals surface area (Å²) >= 11 is 0. The van der Waals surface area contributed by atoms with Gasteiger partial charge in [0.1, 0.15) is 6.10 Å². The number of carbonyl (C=O) groups is 1. The first-order chi connectivity index (χ1) is 12.1. The smallest absolute Gasteiger partial charge is 0.411 e. The first-order valence-corrected chi connectivity index (χ1v) is 8.75. The number of nitrogens with two attached hydrogens (primary N) is 1. The number of rotatable bonds is 4. The Morgan fingerprint density at radius 2 is 1.76 bits per heavy atom. The largest absolute Gasteiger partial charge is 0.446 e. The first-order valence-electron chi connectivity index (χ1n) is 8.75. The van der Waals surface area contributed by atoms with Gasteiger partial charge in [-0.2, -0.15) is 0 Å². The normalized spacial score (nSPS) is 17.0. The summed E-state index contributed by atoms with van der Waals surface area (Å²) in [5, 5.41) is 2.89. The van der Waals surface area contributed by atoms with E-state index >= 15 is 0 Å². The van der Waals surface area contributed by atoms with E-state index < -0.39 is 6.09 Å². The van der Waals surface area contributed by atoms with Crippen molar-refractivity contribution in [3.05, 3.63) is 54.6 Å². The Hall–Kier alpha value is -2.37. The monoisotopic (exact) mass is 339 g/mol. The van der Waals surface area contributed by atoms with Gasteiger partial charge in [0.05, 0.1) is 11.9 Å². The second-order valence-electron chi connectivity index (χ2n) is 6.42. The fourth-order valence-electron chi connectivity index (χ4n) is 3.15. The Kier molecular flexibility index (Phi) is 5.68. The molecule has 1 amide bonds. The van der Waals surface area contributed by atoms with Crippen LogP contribution >= 0.6 is 0 Å². The molecular formula is C20H25N3O2. The molecule has 1 unspecified atom stereocenters. The highest BCUT2D eigenvalue weighted by Crippen LogP contribution is 2.28. The molecule has 2 aromatic carbocycles. The van der Waals surface area contributed by atoms with Crippen LogP contribution < -0.4 is 11.1 Å². The standard InChI is InChI=1S/C20H25N3O2/c1-15(21)23-13-11-17(12-14-23)25-20(24)22-19-10-6-5-9-18(19)16-7-3-2-4-8-16/h2-10,15,17H,11-14,21H2,1H3,(H,22,24). The van der Waals surface area contributed by atoms with Crippen LogP contribution in [-0.2, 0) is 4.74 Å². The molecular weight excluding hydrogens is 314 g/mol. The lowest BCUT2D eigenvalue weighted by molar-refractivity contribution is 0.0480. The topological polar surface area (TPSA) is 67.6 Å². The summed E-state index contributed by atoms with van der Waals surface area (Å²) in [6.45, 7) is 3.70. The third-order valence-corrected chi connectivity index (χ3v) is 4.57. The van der Waals surface area contributed by atoms with Gasteiger partial charge in [-0.25, -0.2) is 4.79 Å². The Morgan fingerprint density at radius 1 is 1.12 bits per heavy atom. The van der Waals surface area contributed by atoms with Gasteiger partial charge < -0.3 is 10.5 Å². The zero-order valence-electron chi connectivity index (χ0n) is 14.5. The quantitative estimate of drug-likeness (QED) is 0.892. The van der Waals surface area contributed by atoms with Crippen LogP contribution in [0.5, 0.6) is 0 Å². The van der Waals surface area contributed by atoms with Gasteiger partial charge in [-0.1, -0.05) is 48.5 Å². The molecule has 0 saturated carbocycles. The number of hydrogen-bond acceptors (Lipinski definition) is 4. The second kappa shape index (κ2) is 8.14. The minimum absolute atomic E-state index is 0.0486. The Balaban J connectivity index is 1.61. The van der Waals surface area contributed by atoms with Crippen molar-refractivity contribution in [2.45, 2.75) is 32.0 Å². The van der Waals surface area contributed by atoms with Crippen molar-refractivity contribution < 1.29 is 9.53 Å². The van der Waals surface area contributed by atoms with Gasteiger partial charge in [-0.3, -0.25) is 10.2 Å². The van der Waals surface area contributed by atoms with Crippen LogP contribution in [0.25, 0.3) is 11.1 Å². The van der Waals surface area contributed by atoms with Gasteiger partial charge >= 0.3 is 6.09 Å². The van der Waals surface area contributed by atoms with Crippen LogP contribution in [0.4, 0.5) is 10.5 Å². The summed E-state index contributed by atoms with van der Waals surface area (Å²) in [7, 11) is 0. The molecule has 2 aromatic rings. The van der Waals surface area contributed by atoms with Crippen molar-refractivity contribution in [1.29, 1.82) is 0 Å². The molecule has 1 heterocycles. The number of anilines is 1. The number of ether oxygens (including phenoxy) is 1. The van der Waals surface area contributed by atoms with Gasteiger partial charge in [0, 0.05) is 18.7 Å². The average molecular weight is 339 g/mol. The molecule has 1 atom stereocenters. The van der Waals surface area contributed by atoms with E-state index in [1.54, 1.807) is 0 Å². The fraction of sp³-hybridized carbons (Fsp3) is 0.350. The molecule has 0 bridgehead atoms. The van der Waals surface area contributed by atoms with Gasteiger partial charge in [0.15, 0.2) is 0 Å². The van der Waals surface area contributed by atoms with E-state index in [1.807, 2.05) is 61.5 Å². The van der Waals surface area contributed by atoms with Crippen molar-refractivity contribution in [3.63, 3.8) is 0 Å². The van der Waals surface area contributed by atoms with Gasteiger partial charge in [-0.15, -0.1) is 0 Å². The second-order valence-corrected chi connectivity index (χ2v) is 6.42. The molecule has 3 rings (SSSR count). The van der Waals surface area contributed by atoms with Crippen LogP contribution in [0.2, 0.25) is 0 Å². The number of benzene rings is 2. The Labute approximate surface area is 148 Å². The van der Waals surface area contributed by atoms with Gasteiger partial charge in [0.2, 0.25) is 0 Å². The van der Waals surface area contributed by atoms with E-state index in [2.05, 4.69) is 10.2 Å². The predicted octanol–water partition coefficient (Wildman–Crippen LogP) is 3.67. The van der Waals surface area contributed by atoms with Crippen molar-refractivity contribution >= 4 is 11.8 Å². The van der Waals surface area contributed by atoms with Gasteiger partial charge in [0.25, 0.3) is 0 Å². The molecule has 1 fully saturated rings. The number of hydrogen-bond donors (Lipinski definition) is 2. The molecule has 5 nitrogen and oxygen atoms in total. The van der Waals surface area contributed by atoms with E-state index in [9.17, 15) is 4.79 Å². The highest BCUT2D eigenvalue weighted by Gasteiger charge is 2.24. The summed E-state index contributed by atoms with van der Waals surface area (Å²) < 4.78 is 5.60. The molecule has 0 aromatic heterocycles. The van der Waals surface area contributed by atoms with Gasteiger partial charge in [-0.05, 0) is 31.4 Å². The number of likely N-dealkylation sites (tertiary alicyclic amines) is 1. The highest BCUT2D eigenvalue weighted by atomic mass is 16.6. The molecule has 3 N–H and O–H groups in total. The van der Waals surface area contributed by atoms with Crippen LogP contribution in [0, 0.1) is 0 Å². The number of nitrogens with one attached hydrogen (secondary N) is 1. The van der Waals surface area contributed by atoms with Crippen molar-refractivity contribution in [2.24, 2.45) is 5.73 Å². The lowest BCUT2D eigenvalue weighted by atomic mass is 10.0. The number of para-hydroxylation sites is 1. The van der Waals surface area contributed by atoms with E-state index in [-0.39, 0.29) is 12.3 Å². The SMILES string of the molecule is CC(N)N1CCC(OC(=O)Nc2ccccc2-c2ccccc2)CC1. The molecule has 1 aliphatic heterocycles. The summed E-state index contributed by atoms with van der Waals surface area (Å²) in [5.41, 5.74) is 8.69. The maximum atomic E-state index is 12.3. The average Bonchev–Trinajstić information content (AvgIpc) is 2.63. The summed E-state index contributed by atoms with van der Waals surface area (Å²) in [6.07, 6.45) is 1.22. The van der Waals surface area contributed by atoms with Crippen LogP contribution in [0.1, 0.15) is 19.8 Å². The van der Waals surface area contributed by atoms with E-state index in [0.29, 0.717) is 0 Å². The minimum atomic E-state index is -0.400. The number of carbonyl (C=O) groups excluding carboxylic acids is 1. The molecule has 0 radical (unpaired) electrons. The zero-order valence-corrected chi connectivity index (χ0v) is 14.5. The molecule has 5 heteroatoms. The lowest BCUT2D eigenvalue weighted by Gasteiger charge is -2.33. The Morgan fingerprint density at radius 3 is 2.44 bits per heavy atom. The molecule has 1 saturated heterocycles. The molecule has 1 aliphatic rings. The highest BCUT2D eigenvalue weighted by molar-refractivity contribution is 5.91. The lowest BCUT2D eigenvalue weighted by Crippen LogP contribution is -2.46. The zero-order chi connectivity index (χ0) is 17.6. The maximum absolute atomic E-state index is 12.3. The van der Waals surface area contributed by atoms with Crippen LogP contribution in [0.3, 0.4) is 0 Å². The first kappa shape index (κ1) is 17.5. The number of nitrogens with zero attached hydrogens (tertiary/aromatic N) is 1. The van der Waals surface area contributed by atoms with E-state index in [0.717, 1.165) is 42.7 Å². The summed E-state index contributed by atoms with van der Waals surface area (Å²) in [6, 6.07) is 17.7. The van der Waals surface area contributed by atoms with Crippen molar-refractivity contribution in [1.82, 2.24) is 4.90 Å². The van der Waals surface area contributed by atoms with Crippen molar-refractivity contribution in [2.75, 3.05) is 18.4 Å². The fourth-order valence-corrected chi connectivity index (χ4v) is 3.15. The molecule has 132 valence electrons. The van der Waals surface area contributed by atoms with E-state index in [4.69, 9.17) is 10.5 Å². The Bertz CT molecular complexity index is 695. The number of piperidine rings is 1. The molecule has 0 spiro atoms. The molecule has 0 aliphatic carbocycles. The van der Waals surface area contributed by atoms with Crippen LogP contribution in [-0.4, -0.2) is 36.4 Å². The summed E-state index contributed by atoms with van der Waals surface area (Å²) in [4.78, 5) is 14.5. The van der Waals surface area contributed by atoms with Crippen molar-refractivity contribution in [3.8, 4) is 11.1 Å². The predicted molar refractivity (Wildman–Crippen MR) is 100 cm³/mol.